The first-order chi connectivity index (χ1) is 59.4. The molecule has 0 saturated carbocycles. The summed E-state index contributed by atoms with van der Waals surface area (Å²) in [6.07, 6.45) is 0. The summed E-state index contributed by atoms with van der Waals surface area (Å²) in [6, 6.07) is 141. The van der Waals surface area contributed by atoms with Crippen molar-refractivity contribution in [2.75, 3.05) is 0 Å². The predicted octanol–water partition coefficient (Wildman–Crippen LogP) is 31.1. The minimum absolute atomic E-state index is 0.695. The Morgan fingerprint density at radius 1 is 0.192 bits per heavy atom. The van der Waals surface area contributed by atoms with Crippen molar-refractivity contribution in [3.05, 3.63) is 400 Å². The monoisotopic (exact) mass is 1580 g/mol. The molecule has 16 aromatic carbocycles. The molecule has 0 aliphatic carbocycles. The minimum atomic E-state index is 0.695. The molecule has 0 amide bonds. The molecule has 7 nitrogen and oxygen atoms in total. The van der Waals surface area contributed by atoms with Gasteiger partial charge in [-0.05, 0) is 99.6 Å². The van der Waals surface area contributed by atoms with E-state index in [-0.39, 0.29) is 0 Å². The maximum atomic E-state index is 6.45. The Kier molecular flexibility index (Phi) is 17.4. The number of pyridine rings is 2. The number of fused-ring (bicyclic) bond motifs is 16. The SMILES string of the molecule is c1ccc(-c2cc(-c3ccc(-c4ccc(-c5nc6cc(-c7cccc8c7oc7ccccc78)ccc6c6c5sc5ccccc56)cc4)cc3)nc(-c3ccccc3)n2)cc1.c1ccc(-c2ccc3c(c2)nc(-c2ccc(-c4cc(-c5cccc(-c6cccc7sc8ccccc8c67)c5)nc(-c5ccccc5)n4)cc2)c2sc4ccccc4c23)cc1. The molecule has 10 heteroatoms. The lowest BCUT2D eigenvalue weighted by atomic mass is 9.96. The lowest BCUT2D eigenvalue weighted by Crippen LogP contribution is -1.96. The molecule has 0 saturated heterocycles. The summed E-state index contributed by atoms with van der Waals surface area (Å²) in [5.74, 6) is 1.40. The number of benzene rings is 16. The summed E-state index contributed by atoms with van der Waals surface area (Å²) in [7, 11) is 0. The third-order valence-corrected chi connectivity index (χ3v) is 26.5. The van der Waals surface area contributed by atoms with Crippen molar-refractivity contribution >= 4 is 138 Å². The molecule has 560 valence electrons. The van der Waals surface area contributed by atoms with Crippen LogP contribution < -0.4 is 0 Å². The van der Waals surface area contributed by atoms with Crippen molar-refractivity contribution in [1.82, 2.24) is 29.9 Å². The third-order valence-electron chi connectivity index (χ3n) is 23.0. The Balaban J connectivity index is 0.000000140. The van der Waals surface area contributed by atoms with Crippen LogP contribution in [0.2, 0.25) is 0 Å². The zero-order valence-electron chi connectivity index (χ0n) is 64.4. The number of para-hydroxylation sites is 2. The Bertz CT molecular complexity index is 8070. The van der Waals surface area contributed by atoms with Gasteiger partial charge in [-0.3, -0.25) is 0 Å². The Morgan fingerprint density at radius 3 is 1.09 bits per heavy atom. The molecule has 24 rings (SSSR count). The second-order valence-corrected chi connectivity index (χ2v) is 33.4. The van der Waals surface area contributed by atoms with Gasteiger partial charge in [0.15, 0.2) is 11.6 Å². The summed E-state index contributed by atoms with van der Waals surface area (Å²) in [4.78, 5) is 31.2. The molecule has 0 bridgehead atoms. The van der Waals surface area contributed by atoms with Crippen molar-refractivity contribution in [3.63, 3.8) is 0 Å². The summed E-state index contributed by atoms with van der Waals surface area (Å²) >= 11 is 5.48. The number of aromatic nitrogens is 6. The second-order valence-electron chi connectivity index (χ2n) is 30.2. The van der Waals surface area contributed by atoms with Gasteiger partial charge in [0.05, 0.1) is 54.6 Å². The van der Waals surface area contributed by atoms with E-state index < -0.39 is 0 Å². The van der Waals surface area contributed by atoms with Gasteiger partial charge in [-0.15, -0.1) is 34.0 Å². The van der Waals surface area contributed by atoms with Crippen molar-refractivity contribution in [2.45, 2.75) is 0 Å². The van der Waals surface area contributed by atoms with Crippen LogP contribution in [-0.4, -0.2) is 29.9 Å². The normalized spacial score (nSPS) is 11.7. The lowest BCUT2D eigenvalue weighted by Gasteiger charge is -2.12. The van der Waals surface area contributed by atoms with E-state index in [4.69, 9.17) is 34.3 Å². The quantitative estimate of drug-likeness (QED) is 0.120. The maximum absolute atomic E-state index is 6.45. The van der Waals surface area contributed by atoms with Gasteiger partial charge in [-0.2, -0.15) is 0 Å². The van der Waals surface area contributed by atoms with Gasteiger partial charge >= 0.3 is 0 Å². The van der Waals surface area contributed by atoms with Gasteiger partial charge in [-0.25, -0.2) is 29.9 Å². The van der Waals surface area contributed by atoms with E-state index in [9.17, 15) is 0 Å². The van der Waals surface area contributed by atoms with Crippen molar-refractivity contribution in [1.29, 1.82) is 0 Å². The Hall–Kier alpha value is -15.0. The molecule has 0 fully saturated rings. The molecule has 120 heavy (non-hydrogen) atoms. The van der Waals surface area contributed by atoms with Crippen LogP contribution in [-0.2, 0) is 0 Å². The molecule has 0 spiro atoms. The lowest BCUT2D eigenvalue weighted by molar-refractivity contribution is 0.670. The van der Waals surface area contributed by atoms with Crippen LogP contribution in [0.1, 0.15) is 0 Å². The van der Waals surface area contributed by atoms with Crippen LogP contribution in [0.5, 0.6) is 0 Å². The Labute approximate surface area is 702 Å². The molecular formula is C110H66N6OS3. The summed E-state index contributed by atoms with van der Waals surface area (Å²) in [6.45, 7) is 0. The number of nitrogens with zero attached hydrogens (tertiary/aromatic N) is 6. The van der Waals surface area contributed by atoms with Crippen LogP contribution in [0.3, 0.4) is 0 Å². The fraction of sp³-hybridized carbons (Fsp3) is 0. The van der Waals surface area contributed by atoms with Gasteiger partial charge < -0.3 is 4.42 Å². The van der Waals surface area contributed by atoms with Crippen LogP contribution >= 0.6 is 34.0 Å². The first-order valence-corrected chi connectivity index (χ1v) is 42.6. The minimum Gasteiger partial charge on any atom is -0.455 e. The van der Waals surface area contributed by atoms with Gasteiger partial charge in [-0.1, -0.05) is 340 Å². The molecule has 8 heterocycles. The highest BCUT2D eigenvalue weighted by molar-refractivity contribution is 7.27. The smallest absolute Gasteiger partial charge is 0.160 e. The number of rotatable bonds is 12. The number of hydrogen-bond acceptors (Lipinski definition) is 10. The topological polar surface area (TPSA) is 90.5 Å². The first kappa shape index (κ1) is 70.4. The van der Waals surface area contributed by atoms with E-state index in [2.05, 4.69) is 334 Å². The standard InChI is InChI=1S/C55H33N3OS.C55H33N3S2/c1-3-12-36(13-4-1)46-33-47(58-55(57-46)39-14-5-2-6-15-39)37-26-22-34(23-27-37)35-24-28-38(29-25-35)52-54-51(45-17-8-10-21-50(45)60-54)44-31-30-40(32-48(44)56-52)41-18-11-19-43-42-16-7-9-20-49(42)59-53(41)43;1-3-13-34(14-4-1)38-29-30-42-47(32-38)56-53(54-52(42)44-20-8-10-23-49(44)60-54)36-27-25-35(26-28-36)45-33-46(58-55(57-45)37-15-5-2-6-16-37)40-18-11-17-39(31-40)41-21-12-24-50-51(41)43-19-7-9-22-48(43)59-50/h2*1-33H. The summed E-state index contributed by atoms with van der Waals surface area (Å²) < 4.78 is 14.0. The molecular weight excluding hydrogens is 1520 g/mol. The zero-order chi connectivity index (χ0) is 79.1. The summed E-state index contributed by atoms with van der Waals surface area (Å²) in [5, 5.41) is 12.2. The van der Waals surface area contributed by atoms with Crippen molar-refractivity contribution in [2.24, 2.45) is 0 Å². The maximum Gasteiger partial charge on any atom is 0.160 e. The van der Waals surface area contributed by atoms with E-state index in [0.717, 1.165) is 145 Å². The fourth-order valence-electron chi connectivity index (χ4n) is 17.2. The van der Waals surface area contributed by atoms with Crippen molar-refractivity contribution in [3.8, 4) is 135 Å². The largest absolute Gasteiger partial charge is 0.455 e. The number of furan rings is 1. The first-order valence-electron chi connectivity index (χ1n) is 40.2. The molecule has 8 aromatic heterocycles. The van der Waals surface area contributed by atoms with Crippen molar-refractivity contribution < 1.29 is 4.42 Å². The van der Waals surface area contributed by atoms with E-state index >= 15 is 0 Å². The molecule has 24 aromatic rings. The van der Waals surface area contributed by atoms with Crippen LogP contribution in [0.4, 0.5) is 0 Å². The molecule has 0 aliphatic rings. The van der Waals surface area contributed by atoms with E-state index in [1.807, 2.05) is 101 Å². The summed E-state index contributed by atoms with van der Waals surface area (Å²) in [5.41, 5.74) is 26.7. The van der Waals surface area contributed by atoms with E-state index in [1.165, 1.54) is 82.6 Å². The molecule has 0 atom stereocenters. The van der Waals surface area contributed by atoms with Crippen LogP contribution in [0, 0.1) is 0 Å². The zero-order valence-corrected chi connectivity index (χ0v) is 66.9. The fourth-order valence-corrected chi connectivity index (χ4v) is 20.7. The Morgan fingerprint density at radius 2 is 0.542 bits per heavy atom. The van der Waals surface area contributed by atoms with Gasteiger partial charge in [0, 0.05) is 123 Å². The van der Waals surface area contributed by atoms with Crippen LogP contribution in [0.15, 0.2) is 405 Å². The average Bonchev–Trinajstić information content (AvgIpc) is 1.57. The third kappa shape index (κ3) is 12.6. The van der Waals surface area contributed by atoms with E-state index in [1.54, 1.807) is 0 Å². The molecule has 0 unspecified atom stereocenters. The van der Waals surface area contributed by atoms with E-state index in [0.29, 0.717) is 11.6 Å². The molecule has 0 aliphatic heterocycles. The highest BCUT2D eigenvalue weighted by Gasteiger charge is 2.23. The number of hydrogen-bond donors (Lipinski definition) is 0. The second kappa shape index (κ2) is 29.6. The highest BCUT2D eigenvalue weighted by Crippen LogP contribution is 2.48. The predicted molar refractivity (Wildman–Crippen MR) is 506 cm³/mol. The average molecular weight is 1580 g/mol. The molecule has 0 radical (unpaired) electrons. The van der Waals surface area contributed by atoms with Gasteiger partial charge in [0.25, 0.3) is 0 Å². The number of thiophene rings is 3. The molecule has 0 N–H and O–H groups in total. The van der Waals surface area contributed by atoms with Gasteiger partial charge in [0.1, 0.15) is 11.2 Å². The van der Waals surface area contributed by atoms with Crippen LogP contribution in [0.25, 0.3) is 239 Å². The van der Waals surface area contributed by atoms with Gasteiger partial charge in [0.2, 0.25) is 0 Å². The highest BCUT2D eigenvalue weighted by atomic mass is 32.1.